The molecule has 1 N–H and O–H groups in total. The normalized spacial score (nSPS) is 15.4. The van der Waals surface area contributed by atoms with Crippen LogP contribution in [0.4, 0.5) is 11.6 Å². The number of carboxylic acid groups (broad SMARTS) is 1. The van der Waals surface area contributed by atoms with Gasteiger partial charge in [-0.25, -0.2) is 4.79 Å². The van der Waals surface area contributed by atoms with Gasteiger partial charge in [0.2, 0.25) is 5.82 Å². The second-order valence-corrected chi connectivity index (χ2v) is 3.56. The number of ether oxygens (including phenoxy) is 1. The Bertz CT molecular complexity index is 475. The van der Waals surface area contributed by atoms with E-state index >= 15 is 0 Å². The quantitative estimate of drug-likeness (QED) is 0.776. The number of rotatable bonds is 2. The molecule has 17 heavy (non-hydrogen) atoms. The van der Waals surface area contributed by atoms with Crippen molar-refractivity contribution in [1.29, 1.82) is 0 Å². The molecule has 0 bridgehead atoms. The van der Waals surface area contributed by atoms with Crippen LogP contribution in [0.2, 0.25) is 0 Å². The van der Waals surface area contributed by atoms with Crippen LogP contribution in [0.15, 0.2) is 12.1 Å². The van der Waals surface area contributed by atoms with Crippen molar-refractivity contribution in [2.45, 2.75) is 0 Å². The number of nitrogens with zero attached hydrogens (tertiary/aromatic N) is 3. The Morgan fingerprint density at radius 1 is 1.47 bits per heavy atom. The van der Waals surface area contributed by atoms with Crippen molar-refractivity contribution in [3.05, 3.63) is 29.1 Å². The standard InChI is InChI=1S/C11H11N3O3/c1-12-9-3-2-8(11(15)16)10(13-9)14-4-6-17-7-5-14/h2-3H,4-7H2,(H,15,16). The molecule has 0 aromatic carbocycles. The van der Waals surface area contributed by atoms with Gasteiger partial charge in [0.1, 0.15) is 5.56 Å². The Morgan fingerprint density at radius 2 is 2.18 bits per heavy atom. The number of pyridine rings is 1. The van der Waals surface area contributed by atoms with Gasteiger partial charge in [-0.15, -0.1) is 4.98 Å². The molecule has 2 heterocycles. The fourth-order valence-corrected chi connectivity index (χ4v) is 1.68. The molecule has 6 heteroatoms. The van der Waals surface area contributed by atoms with Crippen LogP contribution in [0.25, 0.3) is 4.85 Å². The van der Waals surface area contributed by atoms with Crippen LogP contribution in [-0.2, 0) is 4.74 Å². The first-order valence-corrected chi connectivity index (χ1v) is 5.17. The van der Waals surface area contributed by atoms with Crippen molar-refractivity contribution < 1.29 is 14.6 Å². The third-order valence-corrected chi connectivity index (χ3v) is 2.52. The van der Waals surface area contributed by atoms with Crippen molar-refractivity contribution >= 4 is 17.6 Å². The second-order valence-electron chi connectivity index (χ2n) is 3.56. The number of hydrogen-bond donors (Lipinski definition) is 1. The molecule has 1 aliphatic rings. The Morgan fingerprint density at radius 3 is 2.76 bits per heavy atom. The van der Waals surface area contributed by atoms with Crippen LogP contribution < -0.4 is 4.90 Å². The molecule has 0 radical (unpaired) electrons. The van der Waals surface area contributed by atoms with E-state index in [1.54, 1.807) is 0 Å². The third kappa shape index (κ3) is 2.34. The number of carboxylic acids is 1. The summed E-state index contributed by atoms with van der Waals surface area (Å²) in [5.41, 5.74) is 0.124. The molecular formula is C11H11N3O3. The maximum Gasteiger partial charge on any atom is 0.341 e. The molecule has 1 saturated heterocycles. The molecular weight excluding hydrogens is 222 g/mol. The summed E-state index contributed by atoms with van der Waals surface area (Å²) in [6.45, 7) is 9.18. The molecule has 1 fully saturated rings. The summed E-state index contributed by atoms with van der Waals surface area (Å²) in [6, 6.07) is 2.84. The number of anilines is 1. The first kappa shape index (κ1) is 11.4. The minimum absolute atomic E-state index is 0.124. The van der Waals surface area contributed by atoms with Crippen molar-refractivity contribution in [2.75, 3.05) is 31.2 Å². The van der Waals surface area contributed by atoms with Crippen molar-refractivity contribution in [3.63, 3.8) is 0 Å². The molecule has 6 nitrogen and oxygen atoms in total. The molecule has 0 aliphatic carbocycles. The Kier molecular flexibility index (Phi) is 3.21. The summed E-state index contributed by atoms with van der Waals surface area (Å²) in [4.78, 5) is 20.2. The fourth-order valence-electron chi connectivity index (χ4n) is 1.68. The molecule has 2 rings (SSSR count). The van der Waals surface area contributed by atoms with Crippen molar-refractivity contribution in [3.8, 4) is 0 Å². The van der Waals surface area contributed by atoms with Crippen LogP contribution in [0, 0.1) is 6.57 Å². The summed E-state index contributed by atoms with van der Waals surface area (Å²) in [5.74, 6) is -0.471. The van der Waals surface area contributed by atoms with Gasteiger partial charge < -0.3 is 19.6 Å². The highest BCUT2D eigenvalue weighted by Gasteiger charge is 2.23. The predicted molar refractivity (Wildman–Crippen MR) is 60.5 cm³/mol. The lowest BCUT2D eigenvalue weighted by molar-refractivity contribution is 0.0696. The topological polar surface area (TPSA) is 67.0 Å². The Hall–Kier alpha value is -2.13. The average molecular weight is 233 g/mol. The fraction of sp³-hybridized carbons (Fsp3) is 0.364. The van der Waals surface area contributed by atoms with E-state index in [0.29, 0.717) is 32.1 Å². The number of hydrogen-bond acceptors (Lipinski definition) is 4. The van der Waals surface area contributed by atoms with E-state index in [4.69, 9.17) is 16.4 Å². The van der Waals surface area contributed by atoms with Crippen LogP contribution >= 0.6 is 0 Å². The Balaban J connectivity index is 2.41. The minimum atomic E-state index is -1.03. The minimum Gasteiger partial charge on any atom is -0.477 e. The highest BCUT2D eigenvalue weighted by atomic mass is 16.5. The number of aromatic carboxylic acids is 1. The molecule has 88 valence electrons. The van der Waals surface area contributed by atoms with Crippen molar-refractivity contribution in [1.82, 2.24) is 4.98 Å². The van der Waals surface area contributed by atoms with Gasteiger partial charge >= 0.3 is 5.97 Å². The molecule has 0 atom stereocenters. The smallest absolute Gasteiger partial charge is 0.341 e. The molecule has 1 aromatic rings. The average Bonchev–Trinajstić information content (AvgIpc) is 2.39. The zero-order valence-electron chi connectivity index (χ0n) is 9.09. The van der Waals surface area contributed by atoms with E-state index in [9.17, 15) is 4.79 Å². The molecule has 1 aliphatic heterocycles. The lowest BCUT2D eigenvalue weighted by Gasteiger charge is -2.26. The van der Waals surface area contributed by atoms with Gasteiger partial charge in [0, 0.05) is 13.1 Å². The van der Waals surface area contributed by atoms with Crippen LogP contribution in [0.3, 0.4) is 0 Å². The molecule has 1 aromatic heterocycles. The van der Waals surface area contributed by atoms with Crippen LogP contribution in [0.1, 0.15) is 10.4 Å². The highest BCUT2D eigenvalue weighted by molar-refractivity contribution is 5.93. The third-order valence-electron chi connectivity index (χ3n) is 2.52. The molecule has 0 saturated carbocycles. The van der Waals surface area contributed by atoms with Crippen LogP contribution in [-0.4, -0.2) is 42.4 Å². The van der Waals surface area contributed by atoms with E-state index in [1.807, 2.05) is 4.90 Å². The van der Waals surface area contributed by atoms with E-state index in [1.165, 1.54) is 12.1 Å². The lowest BCUT2D eigenvalue weighted by atomic mass is 10.2. The van der Waals surface area contributed by atoms with Crippen molar-refractivity contribution in [2.24, 2.45) is 0 Å². The Labute approximate surface area is 98.3 Å². The SMILES string of the molecule is [C-]#[N+]c1ccc(C(=O)O)c(N2CCOCC2)n1. The molecule has 0 unspecified atom stereocenters. The number of morpholine rings is 1. The summed E-state index contributed by atoms with van der Waals surface area (Å²) >= 11 is 0. The van der Waals surface area contributed by atoms with Gasteiger partial charge in [-0.3, -0.25) is 0 Å². The summed E-state index contributed by atoms with van der Waals surface area (Å²) in [7, 11) is 0. The molecule has 0 amide bonds. The monoisotopic (exact) mass is 233 g/mol. The van der Waals surface area contributed by atoms with Gasteiger partial charge in [-0.1, -0.05) is 12.6 Å². The number of carbonyl (C=O) groups is 1. The highest BCUT2D eigenvalue weighted by Crippen LogP contribution is 2.23. The van der Waals surface area contributed by atoms with Gasteiger partial charge in [-0.2, -0.15) is 0 Å². The maximum absolute atomic E-state index is 11.1. The zero-order chi connectivity index (χ0) is 12.3. The first-order valence-electron chi connectivity index (χ1n) is 5.17. The summed E-state index contributed by atoms with van der Waals surface area (Å²) in [5, 5.41) is 9.08. The van der Waals surface area contributed by atoms with E-state index in [0.717, 1.165) is 0 Å². The summed E-state index contributed by atoms with van der Waals surface area (Å²) in [6.07, 6.45) is 0. The maximum atomic E-state index is 11.1. The van der Waals surface area contributed by atoms with E-state index in [2.05, 4.69) is 9.83 Å². The largest absolute Gasteiger partial charge is 0.477 e. The van der Waals surface area contributed by atoms with E-state index in [-0.39, 0.29) is 11.4 Å². The zero-order valence-corrected chi connectivity index (χ0v) is 9.09. The summed E-state index contributed by atoms with van der Waals surface area (Å²) < 4.78 is 5.20. The van der Waals surface area contributed by atoms with Gasteiger partial charge in [0.05, 0.1) is 13.2 Å². The second kappa shape index (κ2) is 4.80. The lowest BCUT2D eigenvalue weighted by Crippen LogP contribution is -2.37. The van der Waals surface area contributed by atoms with E-state index < -0.39 is 5.97 Å². The van der Waals surface area contributed by atoms with Gasteiger partial charge in [-0.05, 0) is 6.07 Å². The van der Waals surface area contributed by atoms with Crippen LogP contribution in [0.5, 0.6) is 0 Å². The van der Waals surface area contributed by atoms with Gasteiger partial charge in [0.25, 0.3) is 5.82 Å². The van der Waals surface area contributed by atoms with Gasteiger partial charge in [0.15, 0.2) is 0 Å². The first-order chi connectivity index (χ1) is 8.22. The molecule has 0 spiro atoms. The number of aromatic nitrogens is 1. The predicted octanol–water partition coefficient (Wildman–Crippen LogP) is 1.17.